The largest absolute Gasteiger partial charge is 0.385 e. The van der Waals surface area contributed by atoms with Gasteiger partial charge in [0.2, 0.25) is 0 Å². The predicted octanol–water partition coefficient (Wildman–Crippen LogP) is 5.57. The van der Waals surface area contributed by atoms with E-state index in [0.717, 1.165) is 59.5 Å². The van der Waals surface area contributed by atoms with Crippen molar-refractivity contribution in [1.82, 2.24) is 0 Å². The van der Waals surface area contributed by atoms with Gasteiger partial charge in [-0.15, -0.1) is 0 Å². The van der Waals surface area contributed by atoms with E-state index >= 15 is 0 Å². The number of nitrogens with one attached hydrogen (secondary N) is 2. The summed E-state index contributed by atoms with van der Waals surface area (Å²) in [5.41, 5.74) is 2.23. The first-order valence-electron chi connectivity index (χ1n) is 9.96. The molecule has 7 heteroatoms. The zero-order valence-electron chi connectivity index (χ0n) is 16.7. The van der Waals surface area contributed by atoms with Crippen molar-refractivity contribution in [1.29, 1.82) is 0 Å². The van der Waals surface area contributed by atoms with Crippen LogP contribution in [-0.2, 0) is 14.2 Å². The standard InChI is InChI=1S/C22H30Br2N2O3/c23-19-5-1-7-21(17-19)25-9-3-11-27-13-15-29-16-14-28-12-4-10-26-22-8-2-6-20(24)18-22/h1-2,5-8,17-18,25-26H,3-4,9-16H2. The Morgan fingerprint density at radius 1 is 0.586 bits per heavy atom. The van der Waals surface area contributed by atoms with Gasteiger partial charge >= 0.3 is 0 Å². The molecule has 0 radical (unpaired) electrons. The number of rotatable bonds is 16. The lowest BCUT2D eigenvalue weighted by Gasteiger charge is -2.09. The molecule has 2 aromatic carbocycles. The van der Waals surface area contributed by atoms with Crippen LogP contribution in [0.5, 0.6) is 0 Å². The van der Waals surface area contributed by atoms with Gasteiger partial charge in [0, 0.05) is 46.6 Å². The third-order valence-electron chi connectivity index (χ3n) is 3.98. The van der Waals surface area contributed by atoms with Gasteiger partial charge < -0.3 is 24.8 Å². The SMILES string of the molecule is Brc1cccc(NCCCOCCOCCOCCCNc2cccc(Br)c2)c1. The first-order chi connectivity index (χ1) is 14.2. The molecule has 0 aliphatic heterocycles. The number of benzene rings is 2. The maximum absolute atomic E-state index is 5.58. The number of ether oxygens (including phenoxy) is 3. The van der Waals surface area contributed by atoms with Crippen LogP contribution in [-0.4, -0.2) is 52.7 Å². The molecule has 0 amide bonds. The van der Waals surface area contributed by atoms with Gasteiger partial charge in [-0.1, -0.05) is 44.0 Å². The van der Waals surface area contributed by atoms with E-state index in [2.05, 4.69) is 66.8 Å². The van der Waals surface area contributed by atoms with Crippen LogP contribution in [0.4, 0.5) is 11.4 Å². The Morgan fingerprint density at radius 3 is 1.41 bits per heavy atom. The Morgan fingerprint density at radius 2 is 1.00 bits per heavy atom. The van der Waals surface area contributed by atoms with Crippen molar-refractivity contribution >= 4 is 43.2 Å². The van der Waals surface area contributed by atoms with Gasteiger partial charge in [0.15, 0.2) is 0 Å². The van der Waals surface area contributed by atoms with Crippen LogP contribution in [0.2, 0.25) is 0 Å². The first-order valence-corrected chi connectivity index (χ1v) is 11.5. The van der Waals surface area contributed by atoms with Crippen LogP contribution >= 0.6 is 31.9 Å². The smallest absolute Gasteiger partial charge is 0.0701 e. The van der Waals surface area contributed by atoms with Crippen LogP contribution in [0.15, 0.2) is 57.5 Å². The number of halogens is 2. The molecule has 0 heterocycles. The Kier molecular flexibility index (Phi) is 13.1. The van der Waals surface area contributed by atoms with Gasteiger partial charge in [0.25, 0.3) is 0 Å². The van der Waals surface area contributed by atoms with E-state index in [0.29, 0.717) is 26.4 Å². The van der Waals surface area contributed by atoms with Crippen LogP contribution in [0.1, 0.15) is 12.8 Å². The summed E-state index contributed by atoms with van der Waals surface area (Å²) in [7, 11) is 0. The Balaban J connectivity index is 1.30. The average Bonchev–Trinajstić information content (AvgIpc) is 2.71. The van der Waals surface area contributed by atoms with Crippen molar-refractivity contribution in [2.45, 2.75) is 12.8 Å². The molecule has 0 atom stereocenters. The molecule has 2 rings (SSSR count). The van der Waals surface area contributed by atoms with E-state index in [1.165, 1.54) is 0 Å². The van der Waals surface area contributed by atoms with Gasteiger partial charge in [-0.3, -0.25) is 0 Å². The van der Waals surface area contributed by atoms with Gasteiger partial charge in [0.05, 0.1) is 26.4 Å². The number of hydrogen-bond donors (Lipinski definition) is 2. The minimum absolute atomic E-state index is 0.604. The fourth-order valence-electron chi connectivity index (χ4n) is 2.55. The Bertz CT molecular complexity index is 631. The summed E-state index contributed by atoms with van der Waals surface area (Å²) < 4.78 is 18.8. The predicted molar refractivity (Wildman–Crippen MR) is 127 cm³/mol. The molecule has 0 aliphatic carbocycles. The second-order valence-corrected chi connectivity index (χ2v) is 8.25. The van der Waals surface area contributed by atoms with E-state index in [1.54, 1.807) is 0 Å². The third kappa shape index (κ3) is 12.2. The number of anilines is 2. The zero-order chi connectivity index (χ0) is 20.6. The quantitative estimate of drug-likeness (QED) is 0.278. The highest BCUT2D eigenvalue weighted by atomic mass is 79.9. The molecule has 160 valence electrons. The molecule has 0 saturated heterocycles. The summed E-state index contributed by atoms with van der Waals surface area (Å²) in [4.78, 5) is 0. The van der Waals surface area contributed by atoms with Crippen LogP contribution in [0.3, 0.4) is 0 Å². The van der Waals surface area contributed by atoms with Gasteiger partial charge in [-0.25, -0.2) is 0 Å². The highest BCUT2D eigenvalue weighted by Crippen LogP contribution is 2.16. The van der Waals surface area contributed by atoms with Crippen molar-refractivity contribution in [2.75, 3.05) is 63.4 Å². The third-order valence-corrected chi connectivity index (χ3v) is 4.97. The molecular formula is C22H30Br2N2O3. The molecule has 0 saturated carbocycles. The van der Waals surface area contributed by atoms with Crippen LogP contribution < -0.4 is 10.6 Å². The molecular weight excluding hydrogens is 500 g/mol. The summed E-state index contributed by atoms with van der Waals surface area (Å²) in [6.07, 6.45) is 1.92. The molecule has 2 aromatic rings. The van der Waals surface area contributed by atoms with Crippen molar-refractivity contribution < 1.29 is 14.2 Å². The summed E-state index contributed by atoms with van der Waals surface area (Å²) in [6.45, 7) is 5.68. The summed E-state index contributed by atoms with van der Waals surface area (Å²) in [6, 6.07) is 16.3. The second-order valence-electron chi connectivity index (χ2n) is 6.42. The second kappa shape index (κ2) is 15.7. The molecule has 29 heavy (non-hydrogen) atoms. The van der Waals surface area contributed by atoms with Gasteiger partial charge in [-0.2, -0.15) is 0 Å². The summed E-state index contributed by atoms with van der Waals surface area (Å²) >= 11 is 6.93. The fraction of sp³-hybridized carbons (Fsp3) is 0.455. The lowest BCUT2D eigenvalue weighted by Crippen LogP contribution is -2.12. The van der Waals surface area contributed by atoms with Gasteiger partial charge in [0.1, 0.15) is 0 Å². The van der Waals surface area contributed by atoms with E-state index in [1.807, 2.05) is 24.3 Å². The van der Waals surface area contributed by atoms with Crippen molar-refractivity contribution in [2.24, 2.45) is 0 Å². The zero-order valence-corrected chi connectivity index (χ0v) is 19.8. The van der Waals surface area contributed by atoms with Crippen molar-refractivity contribution in [3.63, 3.8) is 0 Å². The summed E-state index contributed by atoms with van der Waals surface area (Å²) in [5, 5.41) is 6.75. The minimum atomic E-state index is 0.604. The highest BCUT2D eigenvalue weighted by molar-refractivity contribution is 9.10. The minimum Gasteiger partial charge on any atom is -0.385 e. The normalized spacial score (nSPS) is 10.8. The summed E-state index contributed by atoms with van der Waals surface area (Å²) in [5.74, 6) is 0. The molecule has 0 aliphatic rings. The molecule has 5 nitrogen and oxygen atoms in total. The van der Waals surface area contributed by atoms with Crippen molar-refractivity contribution in [3.8, 4) is 0 Å². The lowest BCUT2D eigenvalue weighted by atomic mass is 10.3. The maximum atomic E-state index is 5.58. The molecule has 0 spiro atoms. The first kappa shape index (κ1) is 24.2. The molecule has 0 unspecified atom stereocenters. The average molecular weight is 530 g/mol. The van der Waals surface area contributed by atoms with Crippen molar-refractivity contribution in [3.05, 3.63) is 57.5 Å². The van der Waals surface area contributed by atoms with E-state index in [9.17, 15) is 0 Å². The maximum Gasteiger partial charge on any atom is 0.0701 e. The van der Waals surface area contributed by atoms with Crippen LogP contribution in [0.25, 0.3) is 0 Å². The Hall–Kier alpha value is -1.12. The fourth-order valence-corrected chi connectivity index (χ4v) is 3.35. The molecule has 0 aromatic heterocycles. The topological polar surface area (TPSA) is 51.8 Å². The highest BCUT2D eigenvalue weighted by Gasteiger charge is 1.96. The van der Waals surface area contributed by atoms with E-state index in [4.69, 9.17) is 14.2 Å². The lowest BCUT2D eigenvalue weighted by molar-refractivity contribution is 0.0145. The monoisotopic (exact) mass is 528 g/mol. The molecule has 2 N–H and O–H groups in total. The van der Waals surface area contributed by atoms with Gasteiger partial charge in [-0.05, 0) is 49.2 Å². The Labute approximate surface area is 190 Å². The number of hydrogen-bond acceptors (Lipinski definition) is 5. The molecule has 0 bridgehead atoms. The van der Waals surface area contributed by atoms with E-state index in [-0.39, 0.29) is 0 Å². The van der Waals surface area contributed by atoms with E-state index < -0.39 is 0 Å². The molecule has 0 fully saturated rings. The van der Waals surface area contributed by atoms with Crippen LogP contribution in [0, 0.1) is 0 Å².